The molecule has 3 rings (SSSR count). The van der Waals surface area contributed by atoms with Crippen molar-refractivity contribution in [3.05, 3.63) is 45.4 Å². The van der Waals surface area contributed by atoms with Gasteiger partial charge in [0.05, 0.1) is 17.0 Å². The van der Waals surface area contributed by atoms with Crippen LogP contribution in [0.1, 0.15) is 42.6 Å². The zero-order valence-corrected chi connectivity index (χ0v) is 18.9. The molecule has 1 aliphatic heterocycles. The molecule has 0 unspecified atom stereocenters. The summed E-state index contributed by atoms with van der Waals surface area (Å²) in [7, 11) is -3.22. The first kappa shape index (κ1) is 21.7. The van der Waals surface area contributed by atoms with Gasteiger partial charge in [-0.1, -0.05) is 32.9 Å². The Bertz CT molecular complexity index is 993. The lowest BCUT2D eigenvalue weighted by molar-refractivity contribution is 0.252. The number of hydrogen-bond donors (Lipinski definition) is 2. The molecule has 158 valence electrons. The number of aromatic nitrogens is 1. The molecule has 2 N–H and O–H groups in total. The third kappa shape index (κ3) is 5.55. The van der Waals surface area contributed by atoms with Crippen LogP contribution in [-0.2, 0) is 34.8 Å². The van der Waals surface area contributed by atoms with Crippen molar-refractivity contribution in [1.29, 1.82) is 0 Å². The molecule has 2 heterocycles. The van der Waals surface area contributed by atoms with Crippen molar-refractivity contribution in [3.63, 3.8) is 0 Å². The van der Waals surface area contributed by atoms with Crippen molar-refractivity contribution < 1.29 is 13.2 Å². The largest absolute Gasteiger partial charge is 0.337 e. The molecule has 1 aliphatic rings. The quantitative estimate of drug-likeness (QED) is 0.753. The van der Waals surface area contributed by atoms with Crippen LogP contribution in [0.3, 0.4) is 0 Å². The van der Waals surface area contributed by atoms with Crippen LogP contribution in [0, 0.1) is 0 Å². The van der Waals surface area contributed by atoms with E-state index >= 15 is 0 Å². The van der Waals surface area contributed by atoms with Gasteiger partial charge in [0.1, 0.15) is 0 Å². The maximum Gasteiger partial charge on any atom is 0.319 e. The number of nitrogens with zero attached hydrogens (tertiary/aromatic N) is 2. The van der Waals surface area contributed by atoms with Crippen LogP contribution >= 0.6 is 11.3 Å². The molecule has 0 saturated carbocycles. The average molecular weight is 437 g/mol. The van der Waals surface area contributed by atoms with Gasteiger partial charge in [-0.25, -0.2) is 18.2 Å². The fourth-order valence-electron chi connectivity index (χ4n) is 3.20. The van der Waals surface area contributed by atoms with E-state index in [1.807, 2.05) is 18.2 Å². The number of benzene rings is 1. The smallest absolute Gasteiger partial charge is 0.319 e. The molecule has 0 atom stereocenters. The number of rotatable bonds is 5. The Hall–Kier alpha value is -1.97. The summed E-state index contributed by atoms with van der Waals surface area (Å²) in [6, 6.07) is 5.33. The highest BCUT2D eigenvalue weighted by Gasteiger charge is 2.25. The normalized spacial score (nSPS) is 15.0. The molecule has 1 aromatic carbocycles. The van der Waals surface area contributed by atoms with Crippen LogP contribution in [0.5, 0.6) is 0 Å². The van der Waals surface area contributed by atoms with Gasteiger partial charge in [-0.05, 0) is 23.6 Å². The van der Waals surface area contributed by atoms with Crippen molar-refractivity contribution in [2.45, 2.75) is 45.6 Å². The first-order chi connectivity index (χ1) is 13.5. The van der Waals surface area contributed by atoms with Crippen LogP contribution in [0.4, 0.5) is 10.5 Å². The van der Waals surface area contributed by atoms with E-state index in [1.165, 1.54) is 10.6 Å². The lowest BCUT2D eigenvalue weighted by Crippen LogP contribution is -2.36. The van der Waals surface area contributed by atoms with E-state index in [2.05, 4.69) is 41.8 Å². The molecule has 7 nitrogen and oxygen atoms in total. The van der Waals surface area contributed by atoms with Gasteiger partial charge >= 0.3 is 6.03 Å². The molecule has 0 radical (unpaired) electrons. The third-order valence-corrected chi connectivity index (χ3v) is 7.05. The fourth-order valence-corrected chi connectivity index (χ4v) is 5.02. The number of anilines is 1. The molecule has 2 amide bonds. The molecular formula is C20H28N4O3S2. The Kier molecular flexibility index (Phi) is 6.30. The molecule has 0 fully saturated rings. The second-order valence-corrected chi connectivity index (χ2v) is 11.2. The first-order valence-electron chi connectivity index (χ1n) is 9.59. The first-order valence-corrected chi connectivity index (χ1v) is 12.3. The van der Waals surface area contributed by atoms with Gasteiger partial charge in [-0.3, -0.25) is 0 Å². The van der Waals surface area contributed by atoms with Gasteiger partial charge in [-0.15, -0.1) is 11.3 Å². The van der Waals surface area contributed by atoms with Crippen LogP contribution < -0.4 is 10.6 Å². The van der Waals surface area contributed by atoms with E-state index in [4.69, 9.17) is 0 Å². The predicted octanol–water partition coefficient (Wildman–Crippen LogP) is 3.12. The Morgan fingerprint density at radius 1 is 1.31 bits per heavy atom. The van der Waals surface area contributed by atoms with Gasteiger partial charge in [0.25, 0.3) is 0 Å². The Labute approximate surface area is 176 Å². The van der Waals surface area contributed by atoms with Crippen LogP contribution in [0.15, 0.2) is 23.6 Å². The van der Waals surface area contributed by atoms with Crippen molar-refractivity contribution in [1.82, 2.24) is 14.6 Å². The van der Waals surface area contributed by atoms with Crippen molar-refractivity contribution in [2.24, 2.45) is 0 Å². The zero-order valence-electron chi connectivity index (χ0n) is 17.3. The number of carbonyl (C=O) groups is 1. The highest BCUT2D eigenvalue weighted by atomic mass is 32.2. The molecule has 29 heavy (non-hydrogen) atoms. The Morgan fingerprint density at radius 2 is 2.07 bits per heavy atom. The second-order valence-electron chi connectivity index (χ2n) is 8.30. The molecule has 0 bridgehead atoms. The molecular weight excluding hydrogens is 408 g/mol. The lowest BCUT2D eigenvalue weighted by atomic mass is 9.93. The highest BCUT2D eigenvalue weighted by molar-refractivity contribution is 7.88. The highest BCUT2D eigenvalue weighted by Crippen LogP contribution is 2.27. The summed E-state index contributed by atoms with van der Waals surface area (Å²) in [4.78, 5) is 17.0. The third-order valence-electron chi connectivity index (χ3n) is 4.89. The number of urea groups is 1. The minimum atomic E-state index is -3.22. The van der Waals surface area contributed by atoms with Gasteiger partial charge in [0.2, 0.25) is 10.0 Å². The summed E-state index contributed by atoms with van der Waals surface area (Å²) in [5, 5.41) is 8.86. The van der Waals surface area contributed by atoms with Crippen molar-refractivity contribution >= 4 is 33.1 Å². The van der Waals surface area contributed by atoms with Gasteiger partial charge in [-0.2, -0.15) is 4.31 Å². The summed E-state index contributed by atoms with van der Waals surface area (Å²) in [6.45, 7) is 7.66. The lowest BCUT2D eigenvalue weighted by Gasteiger charge is -2.28. The predicted molar refractivity (Wildman–Crippen MR) is 117 cm³/mol. The fraction of sp³-hybridized carbons (Fsp3) is 0.500. The Balaban J connectivity index is 1.56. The summed E-state index contributed by atoms with van der Waals surface area (Å²) in [5.41, 5.74) is 3.76. The number of sulfonamides is 1. The zero-order chi connectivity index (χ0) is 21.2. The van der Waals surface area contributed by atoms with E-state index in [0.717, 1.165) is 27.5 Å². The second kappa shape index (κ2) is 8.41. The molecule has 0 aliphatic carbocycles. The SMILES string of the molecule is CC(C)(C)c1csc(CCNC(=O)Nc2cccc3c2CCN(S(C)(=O)=O)C3)n1. The number of carbonyl (C=O) groups excluding carboxylic acids is 1. The minimum Gasteiger partial charge on any atom is -0.337 e. The van der Waals surface area contributed by atoms with E-state index < -0.39 is 10.0 Å². The topological polar surface area (TPSA) is 91.4 Å². The number of fused-ring (bicyclic) bond motifs is 1. The molecule has 9 heteroatoms. The number of nitrogens with one attached hydrogen (secondary N) is 2. The van der Waals surface area contributed by atoms with Gasteiger partial charge in [0.15, 0.2) is 0 Å². The number of hydrogen-bond acceptors (Lipinski definition) is 5. The molecule has 2 aromatic rings. The summed E-state index contributed by atoms with van der Waals surface area (Å²) in [5.74, 6) is 0. The number of amides is 2. The van der Waals surface area contributed by atoms with Crippen molar-refractivity contribution in [2.75, 3.05) is 24.7 Å². The Morgan fingerprint density at radius 3 is 2.72 bits per heavy atom. The van der Waals surface area contributed by atoms with E-state index in [9.17, 15) is 13.2 Å². The maximum atomic E-state index is 12.3. The minimum absolute atomic E-state index is 0.0264. The molecule has 0 spiro atoms. The average Bonchev–Trinajstić information content (AvgIpc) is 3.10. The van der Waals surface area contributed by atoms with Crippen molar-refractivity contribution in [3.8, 4) is 0 Å². The van der Waals surface area contributed by atoms with Crippen LogP contribution in [0.25, 0.3) is 0 Å². The standard InChI is InChI=1S/C20H28N4O3S2/c1-20(2,3)17-13-28-18(23-17)8-10-21-19(25)22-16-7-5-6-14-12-24(29(4,26)27)11-9-15(14)16/h5-7,13H,8-12H2,1-4H3,(H2,21,22,25). The maximum absolute atomic E-state index is 12.3. The summed E-state index contributed by atoms with van der Waals surface area (Å²) >= 11 is 1.62. The van der Waals surface area contributed by atoms with Crippen LogP contribution in [0.2, 0.25) is 0 Å². The summed E-state index contributed by atoms with van der Waals surface area (Å²) < 4.78 is 25.0. The van der Waals surface area contributed by atoms with Gasteiger partial charge in [0, 0.05) is 42.5 Å². The van der Waals surface area contributed by atoms with Gasteiger partial charge < -0.3 is 10.6 Å². The van der Waals surface area contributed by atoms with Crippen LogP contribution in [-0.4, -0.2) is 43.1 Å². The summed E-state index contributed by atoms with van der Waals surface area (Å²) in [6.07, 6.45) is 2.48. The molecule has 1 aromatic heterocycles. The van der Waals surface area contributed by atoms with E-state index in [-0.39, 0.29) is 11.4 Å². The number of thiazole rings is 1. The molecule has 0 saturated heterocycles. The van der Waals surface area contributed by atoms with E-state index in [0.29, 0.717) is 32.5 Å². The van der Waals surface area contributed by atoms with E-state index in [1.54, 1.807) is 11.3 Å². The monoisotopic (exact) mass is 436 g/mol.